The summed E-state index contributed by atoms with van der Waals surface area (Å²) in [5.74, 6) is 2.90. The van der Waals surface area contributed by atoms with Crippen molar-refractivity contribution >= 4 is 9.84 Å². The quantitative estimate of drug-likeness (QED) is 0.700. The summed E-state index contributed by atoms with van der Waals surface area (Å²) >= 11 is 0. The largest absolute Gasteiger partial charge is 0.219 e. The molecular formula is C23H26O2S. The second-order valence-corrected chi connectivity index (χ2v) is 10.7. The molecule has 6 rings (SSSR count). The molecule has 3 heteroatoms. The molecule has 4 aliphatic carbocycles. The summed E-state index contributed by atoms with van der Waals surface area (Å²) in [5.41, 5.74) is 5.12. The molecular weight excluding hydrogens is 340 g/mol. The van der Waals surface area contributed by atoms with Crippen LogP contribution in [0.3, 0.4) is 0 Å². The van der Waals surface area contributed by atoms with Crippen LogP contribution in [0, 0.1) is 25.7 Å². The molecule has 26 heavy (non-hydrogen) atoms. The third kappa shape index (κ3) is 2.32. The summed E-state index contributed by atoms with van der Waals surface area (Å²) < 4.78 is 26.7. The van der Waals surface area contributed by atoms with Crippen LogP contribution in [0.4, 0.5) is 0 Å². The van der Waals surface area contributed by atoms with Crippen LogP contribution < -0.4 is 0 Å². The first-order valence-corrected chi connectivity index (χ1v) is 11.4. The van der Waals surface area contributed by atoms with E-state index in [1.165, 1.54) is 48.8 Å². The maximum Gasteiger partial charge on any atom is 0.206 e. The van der Waals surface area contributed by atoms with E-state index in [2.05, 4.69) is 13.8 Å². The summed E-state index contributed by atoms with van der Waals surface area (Å²) in [4.78, 5) is 0.933. The second kappa shape index (κ2) is 5.69. The predicted octanol–water partition coefficient (Wildman–Crippen LogP) is 5.53. The van der Waals surface area contributed by atoms with E-state index in [9.17, 15) is 8.42 Å². The van der Waals surface area contributed by atoms with Gasteiger partial charge in [0, 0.05) is 0 Å². The Morgan fingerprint density at radius 3 is 2.00 bits per heavy atom. The van der Waals surface area contributed by atoms with E-state index >= 15 is 0 Å². The summed E-state index contributed by atoms with van der Waals surface area (Å²) in [6.07, 6.45) is 6.54. The molecule has 2 aromatic rings. The molecule has 0 aliphatic heterocycles. The molecule has 2 unspecified atom stereocenters. The van der Waals surface area contributed by atoms with Crippen molar-refractivity contribution in [3.63, 3.8) is 0 Å². The van der Waals surface area contributed by atoms with Crippen LogP contribution >= 0.6 is 0 Å². The maximum atomic E-state index is 13.3. The molecule has 0 amide bonds. The molecule has 4 bridgehead atoms. The van der Waals surface area contributed by atoms with Crippen LogP contribution in [0.2, 0.25) is 0 Å². The van der Waals surface area contributed by atoms with Crippen molar-refractivity contribution in [3.05, 3.63) is 58.7 Å². The molecule has 2 atom stereocenters. The van der Waals surface area contributed by atoms with Crippen LogP contribution in [0.25, 0.3) is 0 Å². The Morgan fingerprint density at radius 1 is 0.808 bits per heavy atom. The Labute approximate surface area is 156 Å². The summed E-state index contributed by atoms with van der Waals surface area (Å²) in [6.45, 7) is 4.19. The van der Waals surface area contributed by atoms with Gasteiger partial charge in [0.05, 0.1) is 9.79 Å². The Morgan fingerprint density at radius 2 is 1.38 bits per heavy atom. The van der Waals surface area contributed by atoms with Gasteiger partial charge in [-0.1, -0.05) is 18.2 Å². The highest BCUT2D eigenvalue weighted by molar-refractivity contribution is 7.91. The van der Waals surface area contributed by atoms with Crippen molar-refractivity contribution in [2.24, 2.45) is 11.8 Å². The molecule has 136 valence electrons. The van der Waals surface area contributed by atoms with Gasteiger partial charge in [-0.15, -0.1) is 0 Å². The fraction of sp³-hybridized carbons (Fsp3) is 0.478. The number of hydrogen-bond acceptors (Lipinski definition) is 2. The van der Waals surface area contributed by atoms with E-state index < -0.39 is 9.84 Å². The van der Waals surface area contributed by atoms with Crippen LogP contribution in [0.1, 0.15) is 66.2 Å². The van der Waals surface area contributed by atoms with Gasteiger partial charge in [0.15, 0.2) is 0 Å². The third-order valence-electron chi connectivity index (χ3n) is 7.13. The maximum absolute atomic E-state index is 13.3. The zero-order valence-electron chi connectivity index (χ0n) is 15.5. The molecule has 4 aliphatic rings. The fourth-order valence-corrected chi connectivity index (χ4v) is 7.94. The Bertz CT molecular complexity index is 961. The van der Waals surface area contributed by atoms with E-state index in [4.69, 9.17) is 0 Å². The highest BCUT2D eigenvalue weighted by atomic mass is 32.2. The van der Waals surface area contributed by atoms with Crippen molar-refractivity contribution in [2.45, 2.75) is 67.6 Å². The first-order valence-electron chi connectivity index (χ1n) is 9.89. The standard InChI is InChI=1S/C23H26O2S/c1-14-8-21(26(24,25)20-6-4-3-5-7-20)15(2)23-19-12-16-9-17(13-19)11-18(10-16)22(14)23/h3-8,16-19H,9-13H2,1-2H3. The summed E-state index contributed by atoms with van der Waals surface area (Å²) in [5, 5.41) is 0. The number of aryl methyl sites for hydroxylation is 1. The lowest BCUT2D eigenvalue weighted by atomic mass is 9.67. The van der Waals surface area contributed by atoms with Crippen molar-refractivity contribution < 1.29 is 8.42 Å². The molecule has 0 N–H and O–H groups in total. The van der Waals surface area contributed by atoms with Crippen LogP contribution in [0.5, 0.6) is 0 Å². The first kappa shape index (κ1) is 16.6. The van der Waals surface area contributed by atoms with E-state index in [0.717, 1.165) is 17.4 Å². The minimum Gasteiger partial charge on any atom is -0.219 e. The van der Waals surface area contributed by atoms with E-state index in [1.54, 1.807) is 24.3 Å². The van der Waals surface area contributed by atoms with Crippen molar-refractivity contribution in [2.75, 3.05) is 0 Å². The molecule has 2 fully saturated rings. The first-order chi connectivity index (χ1) is 12.4. The molecule has 0 saturated heterocycles. The summed E-state index contributed by atoms with van der Waals surface area (Å²) in [6, 6.07) is 10.9. The lowest BCUT2D eigenvalue weighted by molar-refractivity contribution is 0.165. The van der Waals surface area contributed by atoms with Crippen molar-refractivity contribution in [1.82, 2.24) is 0 Å². The van der Waals surface area contributed by atoms with Gasteiger partial charge in [-0.05, 0) is 110 Å². The molecule has 0 heterocycles. The zero-order chi connectivity index (χ0) is 18.1. The smallest absolute Gasteiger partial charge is 0.206 e. The van der Waals surface area contributed by atoms with Gasteiger partial charge in [0.2, 0.25) is 9.84 Å². The van der Waals surface area contributed by atoms with Gasteiger partial charge in [-0.2, -0.15) is 0 Å². The van der Waals surface area contributed by atoms with Gasteiger partial charge in [-0.3, -0.25) is 0 Å². The van der Waals surface area contributed by atoms with Crippen molar-refractivity contribution in [3.8, 4) is 0 Å². The van der Waals surface area contributed by atoms with E-state index in [1.807, 2.05) is 12.1 Å². The molecule has 0 radical (unpaired) electrons. The number of benzene rings is 2. The Kier molecular flexibility index (Phi) is 3.62. The van der Waals surface area contributed by atoms with Crippen LogP contribution in [0.15, 0.2) is 46.2 Å². The highest BCUT2D eigenvalue weighted by Gasteiger charge is 2.44. The second-order valence-electron chi connectivity index (χ2n) is 8.76. The van der Waals surface area contributed by atoms with Crippen molar-refractivity contribution in [1.29, 1.82) is 0 Å². The molecule has 0 aromatic heterocycles. The molecule has 0 spiro atoms. The monoisotopic (exact) mass is 366 g/mol. The lowest BCUT2D eigenvalue weighted by Gasteiger charge is -2.38. The molecule has 2 aromatic carbocycles. The van der Waals surface area contributed by atoms with Crippen LogP contribution in [-0.4, -0.2) is 8.42 Å². The predicted molar refractivity (Wildman–Crippen MR) is 103 cm³/mol. The number of hydrogen-bond donors (Lipinski definition) is 0. The van der Waals surface area contributed by atoms with Gasteiger partial charge < -0.3 is 0 Å². The normalized spacial score (nSPS) is 29.5. The SMILES string of the molecule is Cc1cc(S(=O)(=O)c2ccccc2)c(C)c2c1C1CC3CC(C1)CC2C3. The zero-order valence-corrected chi connectivity index (χ0v) is 16.4. The third-order valence-corrected chi connectivity index (χ3v) is 9.03. The number of sulfone groups is 1. The average molecular weight is 367 g/mol. The highest BCUT2D eigenvalue weighted by Crippen LogP contribution is 2.58. The van der Waals surface area contributed by atoms with Crippen LogP contribution in [-0.2, 0) is 9.84 Å². The Balaban J connectivity index is 1.74. The topological polar surface area (TPSA) is 34.1 Å². The van der Waals surface area contributed by atoms with Gasteiger partial charge in [0.1, 0.15) is 0 Å². The van der Waals surface area contributed by atoms with E-state index in [0.29, 0.717) is 21.6 Å². The fourth-order valence-electron chi connectivity index (χ4n) is 6.33. The van der Waals surface area contributed by atoms with Gasteiger partial charge in [0.25, 0.3) is 0 Å². The minimum atomic E-state index is -3.47. The molecule has 2 saturated carbocycles. The van der Waals surface area contributed by atoms with Gasteiger partial charge in [-0.25, -0.2) is 8.42 Å². The molecule has 2 nitrogen and oxygen atoms in total. The van der Waals surface area contributed by atoms with Gasteiger partial charge >= 0.3 is 0 Å². The summed E-state index contributed by atoms with van der Waals surface area (Å²) in [7, 11) is -3.47. The number of rotatable bonds is 2. The average Bonchev–Trinajstić information content (AvgIpc) is 2.80. The van der Waals surface area contributed by atoms with E-state index in [-0.39, 0.29) is 0 Å². The minimum absolute atomic E-state index is 0.405. The lowest BCUT2D eigenvalue weighted by Crippen LogP contribution is -2.25. The Hall–Kier alpha value is -1.61.